The summed E-state index contributed by atoms with van der Waals surface area (Å²) in [5, 5.41) is 16.7. The summed E-state index contributed by atoms with van der Waals surface area (Å²) in [5.74, 6) is 0.138. The second kappa shape index (κ2) is 10.1. The average molecular weight is 500 g/mol. The summed E-state index contributed by atoms with van der Waals surface area (Å²) in [4.78, 5) is 17.0. The van der Waals surface area contributed by atoms with Crippen molar-refractivity contribution in [3.8, 4) is 22.8 Å². The lowest BCUT2D eigenvalue weighted by molar-refractivity contribution is -0.113. The van der Waals surface area contributed by atoms with Crippen molar-refractivity contribution in [1.82, 2.24) is 29.5 Å². The molecule has 0 unspecified atom stereocenters. The summed E-state index contributed by atoms with van der Waals surface area (Å²) >= 11 is 1.24. The second-order valence-corrected chi connectivity index (χ2v) is 8.93. The zero-order valence-corrected chi connectivity index (χ0v) is 20.4. The van der Waals surface area contributed by atoms with Gasteiger partial charge in [0.15, 0.2) is 11.0 Å². The fourth-order valence-corrected chi connectivity index (χ4v) is 4.58. The van der Waals surface area contributed by atoms with Gasteiger partial charge in [-0.1, -0.05) is 30.0 Å². The molecule has 5 rings (SSSR count). The number of halogens is 1. The Kier molecular flexibility index (Phi) is 6.59. The van der Waals surface area contributed by atoms with Crippen molar-refractivity contribution in [1.29, 1.82) is 0 Å². The topological polar surface area (TPSA) is 90.5 Å². The van der Waals surface area contributed by atoms with Crippen LogP contribution in [0.1, 0.15) is 11.4 Å². The maximum atomic E-state index is 13.6. The summed E-state index contributed by atoms with van der Waals surface area (Å²) in [6.07, 6.45) is 3.33. The van der Waals surface area contributed by atoms with E-state index in [1.54, 1.807) is 29.1 Å². The monoisotopic (exact) mass is 499 g/mol. The van der Waals surface area contributed by atoms with Crippen molar-refractivity contribution >= 4 is 23.4 Å². The van der Waals surface area contributed by atoms with Crippen molar-refractivity contribution in [3.05, 3.63) is 96.3 Å². The van der Waals surface area contributed by atoms with Gasteiger partial charge < -0.3 is 5.32 Å². The molecular weight excluding hydrogens is 477 g/mol. The van der Waals surface area contributed by atoms with E-state index < -0.39 is 0 Å². The number of anilines is 1. The van der Waals surface area contributed by atoms with Gasteiger partial charge in [-0.15, -0.1) is 10.2 Å². The third kappa shape index (κ3) is 4.76. The molecule has 3 aromatic heterocycles. The smallest absolute Gasteiger partial charge is 0.234 e. The fourth-order valence-electron chi connectivity index (χ4n) is 3.82. The van der Waals surface area contributed by atoms with Crippen LogP contribution < -0.4 is 5.32 Å². The number of pyridine rings is 1. The molecule has 8 nitrogen and oxygen atoms in total. The zero-order valence-electron chi connectivity index (χ0n) is 19.6. The van der Waals surface area contributed by atoms with Crippen LogP contribution in [-0.4, -0.2) is 41.2 Å². The number of aryl methyl sites for hydroxylation is 1. The van der Waals surface area contributed by atoms with Gasteiger partial charge in [-0.05, 0) is 62.4 Å². The number of aromatic nitrogens is 6. The highest BCUT2D eigenvalue weighted by Crippen LogP contribution is 2.28. The predicted octanol–water partition coefficient (Wildman–Crippen LogP) is 5.00. The number of benzene rings is 2. The number of para-hydroxylation sites is 1. The molecule has 0 spiro atoms. The molecule has 0 fully saturated rings. The third-order valence-corrected chi connectivity index (χ3v) is 6.47. The van der Waals surface area contributed by atoms with Crippen molar-refractivity contribution in [2.24, 2.45) is 0 Å². The summed E-state index contributed by atoms with van der Waals surface area (Å²) < 4.78 is 17.2. The van der Waals surface area contributed by atoms with Crippen molar-refractivity contribution in [2.45, 2.75) is 19.0 Å². The molecule has 0 bridgehead atoms. The van der Waals surface area contributed by atoms with Crippen LogP contribution in [0, 0.1) is 19.7 Å². The average Bonchev–Trinajstić information content (AvgIpc) is 3.45. The lowest BCUT2D eigenvalue weighted by Gasteiger charge is -2.11. The van der Waals surface area contributed by atoms with Crippen LogP contribution in [0.15, 0.2) is 84.3 Å². The molecule has 0 atom stereocenters. The van der Waals surface area contributed by atoms with Gasteiger partial charge in [0.25, 0.3) is 0 Å². The number of carbonyl (C=O) groups is 1. The normalized spacial score (nSPS) is 11.0. The lowest BCUT2D eigenvalue weighted by atomic mass is 10.2. The maximum absolute atomic E-state index is 13.6. The molecule has 0 aliphatic rings. The summed E-state index contributed by atoms with van der Waals surface area (Å²) in [6.45, 7) is 3.78. The van der Waals surface area contributed by atoms with Gasteiger partial charge in [0.1, 0.15) is 5.82 Å². The standard InChI is InChI=1S/C26H22FN7OS/c1-17-24(18(2)34(32-17)22-6-4-3-5-7-22)29-23(35)16-36-26-31-30-25(19-12-14-28-15-13-19)33(26)21-10-8-20(27)9-11-21/h3-15H,16H2,1-2H3,(H,29,35). The molecule has 5 aromatic rings. The molecule has 0 saturated heterocycles. The number of hydrogen-bond acceptors (Lipinski definition) is 6. The van der Waals surface area contributed by atoms with Crippen molar-refractivity contribution in [2.75, 3.05) is 11.1 Å². The van der Waals surface area contributed by atoms with E-state index in [1.165, 1.54) is 23.9 Å². The Morgan fingerprint density at radius 3 is 2.39 bits per heavy atom. The Hall–Kier alpha value is -4.31. The van der Waals surface area contributed by atoms with Crippen LogP contribution in [0.3, 0.4) is 0 Å². The molecule has 3 heterocycles. The number of carbonyl (C=O) groups excluding carboxylic acids is 1. The van der Waals surface area contributed by atoms with Gasteiger partial charge >= 0.3 is 0 Å². The number of hydrogen-bond donors (Lipinski definition) is 1. The third-order valence-electron chi connectivity index (χ3n) is 5.55. The van der Waals surface area contributed by atoms with E-state index in [0.717, 1.165) is 22.6 Å². The molecule has 0 aliphatic heterocycles. The highest BCUT2D eigenvalue weighted by molar-refractivity contribution is 7.99. The first-order valence-corrected chi connectivity index (χ1v) is 12.2. The quantitative estimate of drug-likeness (QED) is 0.317. The minimum absolute atomic E-state index is 0.102. The molecule has 0 saturated carbocycles. The Balaban J connectivity index is 1.38. The van der Waals surface area contributed by atoms with Gasteiger partial charge in [0.2, 0.25) is 5.91 Å². The van der Waals surface area contributed by atoms with Crippen LogP contribution in [0.2, 0.25) is 0 Å². The Morgan fingerprint density at radius 2 is 1.67 bits per heavy atom. The van der Waals surface area contributed by atoms with E-state index in [9.17, 15) is 9.18 Å². The molecule has 0 aliphatic carbocycles. The highest BCUT2D eigenvalue weighted by atomic mass is 32.2. The van der Waals surface area contributed by atoms with Gasteiger partial charge in [-0.3, -0.25) is 14.3 Å². The number of thioether (sulfide) groups is 1. The van der Waals surface area contributed by atoms with E-state index in [1.807, 2.05) is 61.0 Å². The highest BCUT2D eigenvalue weighted by Gasteiger charge is 2.19. The second-order valence-electron chi connectivity index (χ2n) is 7.98. The number of rotatable bonds is 7. The molecule has 1 N–H and O–H groups in total. The van der Waals surface area contributed by atoms with Gasteiger partial charge in [0.05, 0.1) is 28.5 Å². The fraction of sp³-hybridized carbons (Fsp3) is 0.115. The van der Waals surface area contributed by atoms with Gasteiger partial charge in [-0.2, -0.15) is 5.10 Å². The number of nitrogens with one attached hydrogen (secondary N) is 1. The van der Waals surface area contributed by atoms with E-state index in [-0.39, 0.29) is 17.5 Å². The first kappa shape index (κ1) is 23.4. The molecular formula is C26H22FN7OS. The molecule has 180 valence electrons. The minimum atomic E-state index is -0.340. The molecule has 1 amide bonds. The summed E-state index contributed by atoms with van der Waals surface area (Å²) in [7, 11) is 0. The summed E-state index contributed by atoms with van der Waals surface area (Å²) in [6, 6.07) is 19.5. The molecule has 0 radical (unpaired) electrons. The lowest BCUT2D eigenvalue weighted by Crippen LogP contribution is -2.15. The van der Waals surface area contributed by atoms with Crippen LogP contribution in [0.25, 0.3) is 22.8 Å². The number of nitrogens with zero attached hydrogens (tertiary/aromatic N) is 6. The van der Waals surface area contributed by atoms with Crippen LogP contribution in [-0.2, 0) is 4.79 Å². The van der Waals surface area contributed by atoms with Crippen molar-refractivity contribution in [3.63, 3.8) is 0 Å². The first-order chi connectivity index (χ1) is 17.5. The summed E-state index contributed by atoms with van der Waals surface area (Å²) in [5.41, 5.74) is 4.66. The van der Waals surface area contributed by atoms with Crippen LogP contribution >= 0.6 is 11.8 Å². The van der Waals surface area contributed by atoms with E-state index in [2.05, 4.69) is 25.6 Å². The first-order valence-electron chi connectivity index (χ1n) is 11.2. The Labute approximate surface area is 211 Å². The largest absolute Gasteiger partial charge is 0.322 e. The SMILES string of the molecule is Cc1nn(-c2ccccc2)c(C)c1NC(=O)CSc1nnc(-c2ccncc2)n1-c1ccc(F)cc1. The Morgan fingerprint density at radius 1 is 0.944 bits per heavy atom. The predicted molar refractivity (Wildman–Crippen MR) is 137 cm³/mol. The van der Waals surface area contributed by atoms with Crippen LogP contribution in [0.4, 0.5) is 10.1 Å². The van der Waals surface area contributed by atoms with Gasteiger partial charge in [-0.25, -0.2) is 9.07 Å². The number of amides is 1. The van der Waals surface area contributed by atoms with E-state index in [4.69, 9.17) is 0 Å². The van der Waals surface area contributed by atoms with Crippen LogP contribution in [0.5, 0.6) is 0 Å². The molecule has 36 heavy (non-hydrogen) atoms. The van der Waals surface area contributed by atoms with Crippen molar-refractivity contribution < 1.29 is 9.18 Å². The molecule has 2 aromatic carbocycles. The zero-order chi connectivity index (χ0) is 25.1. The Bertz CT molecular complexity index is 1500. The minimum Gasteiger partial charge on any atom is -0.322 e. The van der Waals surface area contributed by atoms with Gasteiger partial charge in [0, 0.05) is 23.6 Å². The maximum Gasteiger partial charge on any atom is 0.234 e. The molecule has 10 heteroatoms. The van der Waals surface area contributed by atoms with E-state index >= 15 is 0 Å². The van der Waals surface area contributed by atoms with E-state index in [0.29, 0.717) is 22.4 Å².